The minimum atomic E-state index is -1.33. The molecular formula is C36H42F2N6O10S. The molecule has 6 rings (SSSR count). The van der Waals surface area contributed by atoms with Gasteiger partial charge in [0.25, 0.3) is 11.8 Å². The topological polar surface area (TPSA) is 187 Å². The Morgan fingerprint density at radius 3 is 2.45 bits per heavy atom. The van der Waals surface area contributed by atoms with Crippen LogP contribution in [0.2, 0.25) is 0 Å². The molecule has 1 aliphatic carbocycles. The van der Waals surface area contributed by atoms with Gasteiger partial charge in [0.15, 0.2) is 16.8 Å². The molecule has 2 fully saturated rings. The Morgan fingerprint density at radius 2 is 1.71 bits per heavy atom. The lowest BCUT2D eigenvalue weighted by Crippen LogP contribution is -2.54. The first-order valence-electron chi connectivity index (χ1n) is 17.9. The number of piperidine rings is 1. The number of nitrogens with one attached hydrogen (secondary N) is 3. The quantitative estimate of drug-likeness (QED) is 0.139. The fraction of sp³-hybridized carbons (Fsp3) is 0.500. The summed E-state index contributed by atoms with van der Waals surface area (Å²) < 4.78 is 56.4. The predicted octanol–water partition coefficient (Wildman–Crippen LogP) is 1.85. The summed E-state index contributed by atoms with van der Waals surface area (Å²) in [4.78, 5) is 70.0. The summed E-state index contributed by atoms with van der Waals surface area (Å²) >= 11 is 1.40. The van der Waals surface area contributed by atoms with Crippen molar-refractivity contribution in [2.75, 3.05) is 95.9 Å². The predicted molar refractivity (Wildman–Crippen MR) is 193 cm³/mol. The van der Waals surface area contributed by atoms with Gasteiger partial charge in [0, 0.05) is 43.7 Å². The second-order valence-electron chi connectivity index (χ2n) is 12.8. The van der Waals surface area contributed by atoms with Crippen LogP contribution in [0.1, 0.15) is 45.2 Å². The number of hydrogen-bond donors (Lipinski definition) is 3. The molecule has 296 valence electrons. The number of amides is 5. The largest absolute Gasteiger partial charge is 0.382 e. The molecule has 0 radical (unpaired) electrons. The van der Waals surface area contributed by atoms with Gasteiger partial charge in [-0.15, -0.1) is 11.3 Å². The van der Waals surface area contributed by atoms with E-state index in [0.29, 0.717) is 57.4 Å². The molecule has 55 heavy (non-hydrogen) atoms. The van der Waals surface area contributed by atoms with Crippen molar-refractivity contribution in [1.82, 2.24) is 20.5 Å². The first kappa shape index (κ1) is 40.0. The molecule has 16 nitrogen and oxygen atoms in total. The number of nitrogens with zero attached hydrogens (tertiary/aromatic N) is 3. The molecule has 2 aromatic rings. The average Bonchev–Trinajstić information content (AvgIpc) is 3.77. The van der Waals surface area contributed by atoms with Crippen LogP contribution >= 0.6 is 11.3 Å². The molecule has 4 heterocycles. The summed E-state index contributed by atoms with van der Waals surface area (Å²) in [5.41, 5.74) is 1.33. The van der Waals surface area contributed by atoms with Crippen LogP contribution in [-0.2, 0) is 38.1 Å². The monoisotopic (exact) mass is 788 g/mol. The number of thiazole rings is 1. The highest BCUT2D eigenvalue weighted by molar-refractivity contribution is 7.13. The molecule has 2 saturated heterocycles. The van der Waals surface area contributed by atoms with Gasteiger partial charge in [-0.3, -0.25) is 34.2 Å². The maximum Gasteiger partial charge on any atom is 0.264 e. The second-order valence-corrected chi connectivity index (χ2v) is 13.6. The molecule has 4 aliphatic rings. The van der Waals surface area contributed by atoms with Crippen molar-refractivity contribution >= 4 is 51.7 Å². The van der Waals surface area contributed by atoms with Crippen LogP contribution < -0.4 is 20.9 Å². The van der Waals surface area contributed by atoms with E-state index >= 15 is 0 Å². The molecule has 0 spiro atoms. The molecule has 3 aliphatic heterocycles. The van der Waals surface area contributed by atoms with E-state index in [0.717, 1.165) is 16.1 Å². The first-order valence-corrected chi connectivity index (χ1v) is 18.8. The van der Waals surface area contributed by atoms with Crippen LogP contribution in [-0.4, -0.2) is 137 Å². The third-order valence-electron chi connectivity index (χ3n) is 9.12. The minimum Gasteiger partial charge on any atom is -0.382 e. The third-order valence-corrected chi connectivity index (χ3v) is 10.0. The van der Waals surface area contributed by atoms with Crippen LogP contribution in [0.25, 0.3) is 0 Å². The number of morpholine rings is 1. The molecule has 5 amide bonds. The van der Waals surface area contributed by atoms with Gasteiger partial charge in [-0.05, 0) is 24.6 Å². The zero-order chi connectivity index (χ0) is 38.7. The van der Waals surface area contributed by atoms with Crippen LogP contribution in [0.4, 0.5) is 19.6 Å². The Morgan fingerprint density at radius 1 is 0.982 bits per heavy atom. The van der Waals surface area contributed by atoms with Crippen LogP contribution in [0.3, 0.4) is 0 Å². The molecule has 1 aromatic heterocycles. The maximum atomic E-state index is 14.8. The van der Waals surface area contributed by atoms with Gasteiger partial charge in [0.2, 0.25) is 17.7 Å². The van der Waals surface area contributed by atoms with E-state index in [9.17, 15) is 32.8 Å². The average molecular weight is 789 g/mol. The van der Waals surface area contributed by atoms with E-state index in [1.807, 2.05) is 0 Å². The van der Waals surface area contributed by atoms with E-state index in [2.05, 4.69) is 25.8 Å². The Labute approximate surface area is 319 Å². The lowest BCUT2D eigenvalue weighted by Gasteiger charge is -2.27. The number of fused-ring (bicyclic) bond motifs is 1. The number of anilines is 2. The summed E-state index contributed by atoms with van der Waals surface area (Å²) in [5.74, 6) is -5.60. The molecular weight excluding hydrogens is 746 g/mol. The van der Waals surface area contributed by atoms with Crippen molar-refractivity contribution in [3.05, 3.63) is 64.2 Å². The number of aromatic nitrogens is 1. The number of ether oxygens (including phenoxy) is 5. The molecule has 0 bridgehead atoms. The smallest absolute Gasteiger partial charge is 0.264 e. The normalized spacial score (nSPS) is 21.3. The number of carbonyl (C=O) groups excluding carboxylic acids is 5. The summed E-state index contributed by atoms with van der Waals surface area (Å²) in [6.07, 6.45) is 1.34. The highest BCUT2D eigenvalue weighted by Gasteiger charge is 2.45. The SMILES string of the molecule is O=C(COC1C(F)=C(F)C=CC1c1csc(N2CCOCC2)n1)NCCOCCOCCOCCNc1cccc2c1C(=O)N(C1CCC(=O)NC1=O)C2=O. The third kappa shape index (κ3) is 9.96. The highest BCUT2D eigenvalue weighted by atomic mass is 32.1. The van der Waals surface area contributed by atoms with Crippen molar-refractivity contribution < 1.29 is 56.4 Å². The highest BCUT2D eigenvalue weighted by Crippen LogP contribution is 2.37. The minimum absolute atomic E-state index is 0.0422. The van der Waals surface area contributed by atoms with Gasteiger partial charge in [0.05, 0.1) is 75.6 Å². The zero-order valence-electron chi connectivity index (χ0n) is 29.9. The van der Waals surface area contributed by atoms with Gasteiger partial charge < -0.3 is 39.2 Å². The van der Waals surface area contributed by atoms with E-state index in [4.69, 9.17) is 23.7 Å². The Bertz CT molecular complexity index is 1800. The maximum absolute atomic E-state index is 14.8. The number of benzene rings is 1. The molecule has 3 atom stereocenters. The van der Waals surface area contributed by atoms with Crippen LogP contribution in [0, 0.1) is 0 Å². The molecule has 3 unspecified atom stereocenters. The van der Waals surface area contributed by atoms with E-state index in [1.54, 1.807) is 17.5 Å². The lowest BCUT2D eigenvalue weighted by molar-refractivity contribution is -0.136. The zero-order valence-corrected chi connectivity index (χ0v) is 30.7. The first-order chi connectivity index (χ1) is 26.7. The van der Waals surface area contributed by atoms with Crippen molar-refractivity contribution in [2.24, 2.45) is 0 Å². The Balaban J connectivity index is 0.804. The van der Waals surface area contributed by atoms with Crippen LogP contribution in [0.5, 0.6) is 0 Å². The van der Waals surface area contributed by atoms with Gasteiger partial charge in [-0.1, -0.05) is 12.1 Å². The van der Waals surface area contributed by atoms with Crippen molar-refractivity contribution in [2.45, 2.75) is 30.9 Å². The van der Waals surface area contributed by atoms with Gasteiger partial charge in [-0.2, -0.15) is 0 Å². The number of imide groups is 2. The van der Waals surface area contributed by atoms with Crippen molar-refractivity contribution in [3.63, 3.8) is 0 Å². The molecule has 19 heteroatoms. The Kier molecular flexibility index (Phi) is 14.0. The number of allylic oxidation sites excluding steroid dienone is 2. The van der Waals surface area contributed by atoms with Crippen LogP contribution in [0.15, 0.2) is 47.4 Å². The summed E-state index contributed by atoms with van der Waals surface area (Å²) in [6.45, 7) is 4.20. The molecule has 3 N–H and O–H groups in total. The number of rotatable bonds is 19. The van der Waals surface area contributed by atoms with Gasteiger partial charge >= 0.3 is 0 Å². The molecule has 0 saturated carbocycles. The Hall–Kier alpha value is -4.66. The van der Waals surface area contributed by atoms with E-state index in [1.165, 1.54) is 23.5 Å². The summed E-state index contributed by atoms with van der Waals surface area (Å²) in [7, 11) is 0. The lowest BCUT2D eigenvalue weighted by atomic mass is 9.93. The fourth-order valence-corrected chi connectivity index (χ4v) is 7.29. The van der Waals surface area contributed by atoms with Gasteiger partial charge in [0.1, 0.15) is 18.8 Å². The summed E-state index contributed by atoms with van der Waals surface area (Å²) in [5, 5.41) is 10.5. The number of halogens is 2. The van der Waals surface area contributed by atoms with Gasteiger partial charge in [-0.25, -0.2) is 13.8 Å². The standard InChI is InChI=1S/C36H42F2N6O10S/c37-24-5-4-22(26-21-55-36(41-26)43-10-14-52-15-11-43)32(31(24)38)54-20-29(46)40-9-13-51-17-19-53-18-16-50-12-8-39-25-3-1-2-23-30(25)35(49)44(34(23)48)27-6-7-28(45)42-33(27)47/h1-5,21-22,27,32,39H,6-20H2,(H,40,46)(H,42,45,47). The van der Waals surface area contributed by atoms with E-state index < -0.39 is 65.9 Å². The fourth-order valence-electron chi connectivity index (χ4n) is 6.36. The number of hydrogen-bond acceptors (Lipinski definition) is 14. The van der Waals surface area contributed by atoms with Crippen molar-refractivity contribution in [3.8, 4) is 0 Å². The summed E-state index contributed by atoms with van der Waals surface area (Å²) in [6, 6.07) is 3.79. The second kappa shape index (κ2) is 19.3. The van der Waals surface area contributed by atoms with Crippen molar-refractivity contribution in [1.29, 1.82) is 0 Å². The molecule has 1 aromatic carbocycles. The number of carbonyl (C=O) groups is 5. The van der Waals surface area contributed by atoms with E-state index in [-0.39, 0.29) is 56.9 Å².